The molecule has 4 bridgehead atoms. The minimum absolute atomic E-state index is 0.0918. The number of ether oxygens (including phenoxy) is 1. The Morgan fingerprint density at radius 3 is 2.29 bits per heavy atom. The molecule has 0 unspecified atom stereocenters. The van der Waals surface area contributed by atoms with Crippen LogP contribution in [0, 0.1) is 23.2 Å². The molecular formula is C37H39ClN2O2. The van der Waals surface area contributed by atoms with Crippen molar-refractivity contribution in [2.24, 2.45) is 23.2 Å². The smallest absolute Gasteiger partial charge is 0.323 e. The zero-order chi connectivity index (χ0) is 28.3. The van der Waals surface area contributed by atoms with E-state index in [2.05, 4.69) is 46.3 Å². The van der Waals surface area contributed by atoms with Crippen molar-refractivity contribution in [1.82, 2.24) is 9.88 Å². The molecule has 1 N–H and O–H groups in total. The van der Waals surface area contributed by atoms with E-state index in [-0.39, 0.29) is 18.1 Å². The Labute approximate surface area is 253 Å². The Hall–Kier alpha value is -3.08. The van der Waals surface area contributed by atoms with Crippen LogP contribution in [0.3, 0.4) is 0 Å². The first kappa shape index (κ1) is 26.5. The highest BCUT2D eigenvalue weighted by Crippen LogP contribution is 2.62. The van der Waals surface area contributed by atoms with E-state index in [4.69, 9.17) is 16.3 Å². The highest BCUT2D eigenvalue weighted by atomic mass is 35.5. The van der Waals surface area contributed by atoms with Gasteiger partial charge in [-0.2, -0.15) is 0 Å². The molecule has 1 aromatic heterocycles. The van der Waals surface area contributed by atoms with Crippen LogP contribution in [-0.4, -0.2) is 16.6 Å². The Kier molecular flexibility index (Phi) is 6.68. The average Bonchev–Trinajstić information content (AvgIpc) is 3.30. The van der Waals surface area contributed by atoms with Gasteiger partial charge in [-0.3, -0.25) is 10.1 Å². The van der Waals surface area contributed by atoms with E-state index in [1.54, 1.807) is 0 Å². The zero-order valence-electron chi connectivity index (χ0n) is 24.1. The normalized spacial score (nSPS) is 29.5. The summed E-state index contributed by atoms with van der Waals surface area (Å²) in [7, 11) is 0. The number of esters is 1. The number of carbonyl (C=O) groups excluding carboxylic acids is 1. The highest BCUT2D eigenvalue weighted by molar-refractivity contribution is 6.31. The Bertz CT molecular complexity index is 1590. The van der Waals surface area contributed by atoms with Crippen LogP contribution in [0.15, 0.2) is 78.9 Å². The molecule has 0 saturated heterocycles. The van der Waals surface area contributed by atoms with Crippen LogP contribution in [0.4, 0.5) is 0 Å². The van der Waals surface area contributed by atoms with E-state index >= 15 is 0 Å². The molecule has 0 spiro atoms. The van der Waals surface area contributed by atoms with Gasteiger partial charge in [-0.25, -0.2) is 0 Å². The zero-order valence-corrected chi connectivity index (χ0v) is 24.9. The molecule has 3 aromatic carbocycles. The van der Waals surface area contributed by atoms with Crippen LogP contribution in [0.5, 0.6) is 0 Å². The van der Waals surface area contributed by atoms with E-state index in [1.807, 2.05) is 42.5 Å². The predicted molar refractivity (Wildman–Crippen MR) is 167 cm³/mol. The fourth-order valence-corrected chi connectivity index (χ4v) is 9.86. The predicted octanol–water partition coefficient (Wildman–Crippen LogP) is 8.25. The topological polar surface area (TPSA) is 43.3 Å². The number of nitrogens with one attached hydrogen (secondary N) is 1. The third-order valence-corrected chi connectivity index (χ3v) is 11.2. The van der Waals surface area contributed by atoms with Crippen molar-refractivity contribution in [1.29, 1.82) is 0 Å². The molecule has 0 amide bonds. The Morgan fingerprint density at radius 1 is 0.881 bits per heavy atom. The molecule has 4 fully saturated rings. The van der Waals surface area contributed by atoms with Gasteiger partial charge < -0.3 is 9.30 Å². The van der Waals surface area contributed by atoms with Crippen molar-refractivity contribution in [3.8, 4) is 0 Å². The van der Waals surface area contributed by atoms with Crippen molar-refractivity contribution in [3.63, 3.8) is 0 Å². The number of hydrogen-bond donors (Lipinski definition) is 1. The van der Waals surface area contributed by atoms with Crippen LogP contribution in [0.25, 0.3) is 10.9 Å². The number of halogens is 1. The lowest BCUT2D eigenvalue weighted by atomic mass is 9.48. The molecule has 216 valence electrons. The van der Waals surface area contributed by atoms with Gasteiger partial charge in [0.25, 0.3) is 0 Å². The molecule has 0 radical (unpaired) electrons. The van der Waals surface area contributed by atoms with Crippen molar-refractivity contribution in [2.75, 3.05) is 0 Å². The molecule has 5 aliphatic rings. The standard InChI is InChI=1S/C37H39ClN2O2/c38-31-12-6-4-10-28(31)22-40-34-13-7-5-11-29(34)30-17-32(36(41)42-23-24-8-2-1-3-9-24)39-33(35(30)40)21-37-18-25-14-26(19-37)16-27(15-25)20-37/h1-13,25-27,32-33,39H,14-23H2/t25?,26?,27?,32-,33+,37?/m0/s1. The summed E-state index contributed by atoms with van der Waals surface area (Å²) in [4.78, 5) is 13.7. The van der Waals surface area contributed by atoms with E-state index in [0.717, 1.165) is 46.9 Å². The number of hydrogen-bond acceptors (Lipinski definition) is 3. The molecule has 4 nitrogen and oxygen atoms in total. The number of rotatable bonds is 7. The van der Waals surface area contributed by atoms with E-state index in [9.17, 15) is 4.79 Å². The van der Waals surface area contributed by atoms with Gasteiger partial charge in [0.15, 0.2) is 0 Å². The largest absolute Gasteiger partial charge is 0.460 e. The minimum Gasteiger partial charge on any atom is -0.460 e. The molecule has 4 aliphatic carbocycles. The van der Waals surface area contributed by atoms with Gasteiger partial charge in [0, 0.05) is 40.6 Å². The number of nitrogens with zero attached hydrogens (tertiary/aromatic N) is 1. The van der Waals surface area contributed by atoms with E-state index in [1.165, 1.54) is 60.7 Å². The molecule has 5 heteroatoms. The Balaban J connectivity index is 1.18. The number of aromatic nitrogens is 1. The summed E-state index contributed by atoms with van der Waals surface area (Å²) >= 11 is 6.72. The van der Waals surface area contributed by atoms with Gasteiger partial charge in [0.05, 0.1) is 0 Å². The summed E-state index contributed by atoms with van der Waals surface area (Å²) < 4.78 is 8.42. The highest BCUT2D eigenvalue weighted by Gasteiger charge is 2.52. The third kappa shape index (κ3) is 4.77. The van der Waals surface area contributed by atoms with E-state index < -0.39 is 0 Å². The maximum atomic E-state index is 13.7. The summed E-state index contributed by atoms with van der Waals surface area (Å²) in [6.45, 7) is 1.02. The summed E-state index contributed by atoms with van der Waals surface area (Å²) in [5.41, 5.74) is 6.37. The summed E-state index contributed by atoms with van der Waals surface area (Å²) in [6, 6.07) is 26.6. The lowest BCUT2D eigenvalue weighted by Gasteiger charge is -2.58. The second kappa shape index (κ2) is 10.6. The Morgan fingerprint density at radius 2 is 1.55 bits per heavy atom. The molecule has 2 heterocycles. The second-order valence-electron chi connectivity index (χ2n) is 13.7. The van der Waals surface area contributed by atoms with E-state index in [0.29, 0.717) is 18.4 Å². The van der Waals surface area contributed by atoms with Crippen LogP contribution >= 0.6 is 11.6 Å². The molecule has 4 saturated carbocycles. The SMILES string of the molecule is O=C(OCc1ccccc1)[C@@H]1Cc2c(n(Cc3ccccc3Cl)c3ccccc23)[C@@H](CC23CC4CC(CC(C4)C2)C3)N1. The van der Waals surface area contributed by atoms with Gasteiger partial charge in [-0.05, 0) is 96.9 Å². The number of carbonyl (C=O) groups is 1. The van der Waals surface area contributed by atoms with Crippen molar-refractivity contribution >= 4 is 28.5 Å². The lowest BCUT2D eigenvalue weighted by molar-refractivity contribution is -0.148. The van der Waals surface area contributed by atoms with Crippen LogP contribution < -0.4 is 5.32 Å². The van der Waals surface area contributed by atoms with Gasteiger partial charge in [-0.1, -0.05) is 78.3 Å². The first-order chi connectivity index (χ1) is 20.5. The van der Waals surface area contributed by atoms with Crippen molar-refractivity contribution < 1.29 is 9.53 Å². The van der Waals surface area contributed by atoms with Crippen LogP contribution in [-0.2, 0) is 29.1 Å². The van der Waals surface area contributed by atoms with Gasteiger partial charge >= 0.3 is 5.97 Å². The van der Waals surface area contributed by atoms with Gasteiger partial charge in [0.2, 0.25) is 0 Å². The van der Waals surface area contributed by atoms with Crippen LogP contribution in [0.1, 0.15) is 73.4 Å². The maximum Gasteiger partial charge on any atom is 0.323 e. The third-order valence-electron chi connectivity index (χ3n) is 10.9. The fourth-order valence-electron chi connectivity index (χ4n) is 9.67. The number of benzene rings is 3. The monoisotopic (exact) mass is 578 g/mol. The van der Waals surface area contributed by atoms with Crippen molar-refractivity contribution in [2.45, 2.75) is 76.6 Å². The van der Waals surface area contributed by atoms with Gasteiger partial charge in [0.1, 0.15) is 12.6 Å². The molecule has 1 aliphatic heterocycles. The first-order valence-electron chi connectivity index (χ1n) is 15.8. The lowest BCUT2D eigenvalue weighted by Crippen LogP contribution is -2.51. The molecule has 9 rings (SSSR count). The molecule has 4 aromatic rings. The average molecular weight is 579 g/mol. The summed E-state index contributed by atoms with van der Waals surface area (Å²) in [6.07, 6.45) is 10.1. The van der Waals surface area contributed by atoms with Crippen LogP contribution in [0.2, 0.25) is 5.02 Å². The quantitative estimate of drug-likeness (QED) is 0.225. The number of fused-ring (bicyclic) bond motifs is 3. The summed E-state index contributed by atoms with van der Waals surface area (Å²) in [5.74, 6) is 2.52. The maximum absolute atomic E-state index is 13.7. The van der Waals surface area contributed by atoms with Gasteiger partial charge in [-0.15, -0.1) is 0 Å². The number of para-hydroxylation sites is 1. The summed E-state index contributed by atoms with van der Waals surface area (Å²) in [5, 5.41) is 5.94. The molecule has 42 heavy (non-hydrogen) atoms. The minimum atomic E-state index is -0.361. The second-order valence-corrected chi connectivity index (χ2v) is 14.2. The molecular weight excluding hydrogens is 540 g/mol. The molecule has 2 atom stereocenters. The first-order valence-corrected chi connectivity index (χ1v) is 16.2. The fraction of sp³-hybridized carbons (Fsp3) is 0.432. The van der Waals surface area contributed by atoms with Crippen molar-refractivity contribution in [3.05, 3.63) is 106 Å².